The van der Waals surface area contributed by atoms with Gasteiger partial charge in [0, 0.05) is 25.4 Å². The molecule has 2 N–H and O–H groups in total. The molecule has 2 amide bonds. The average molecular weight is 451 g/mol. The second-order valence-corrected chi connectivity index (χ2v) is 8.97. The molecule has 0 spiro atoms. The first kappa shape index (κ1) is 22.8. The highest BCUT2D eigenvalue weighted by molar-refractivity contribution is 5.82. The van der Waals surface area contributed by atoms with Gasteiger partial charge in [0.15, 0.2) is 0 Å². The van der Waals surface area contributed by atoms with Crippen LogP contribution in [0, 0.1) is 5.92 Å². The molecule has 0 bridgehead atoms. The Bertz CT molecular complexity index is 985. The summed E-state index contributed by atoms with van der Waals surface area (Å²) in [5, 5.41) is 11.9. The van der Waals surface area contributed by atoms with E-state index in [4.69, 9.17) is 9.84 Å². The van der Waals surface area contributed by atoms with Gasteiger partial charge in [-0.1, -0.05) is 61.4 Å². The van der Waals surface area contributed by atoms with E-state index in [1.165, 1.54) is 11.9 Å². The molecular formula is C26H30N2O5. The maximum absolute atomic E-state index is 12.8. The van der Waals surface area contributed by atoms with Gasteiger partial charge in [-0.3, -0.25) is 9.59 Å². The standard InChI is InChI=1S/C26H30N2O5/c1-28(15-25(30)31)24(29)14-23(17-8-2-3-9-17)27-26(32)33-16-22-20-12-6-4-10-18(20)19-11-5-7-13-21(19)22/h4-7,10-13,17,22-23H,2-3,8-9,14-16H2,1H3,(H,27,32)(H,30,31). The normalized spacial score (nSPS) is 16.0. The summed E-state index contributed by atoms with van der Waals surface area (Å²) in [7, 11) is 1.47. The number of ether oxygens (including phenoxy) is 1. The van der Waals surface area contributed by atoms with E-state index in [2.05, 4.69) is 29.6 Å². The summed E-state index contributed by atoms with van der Waals surface area (Å²) in [5.74, 6) is -1.20. The third-order valence-corrected chi connectivity index (χ3v) is 6.81. The van der Waals surface area contributed by atoms with E-state index in [1.807, 2.05) is 24.3 Å². The lowest BCUT2D eigenvalue weighted by molar-refractivity contribution is -0.143. The van der Waals surface area contributed by atoms with Gasteiger partial charge in [-0.2, -0.15) is 0 Å². The van der Waals surface area contributed by atoms with Crippen LogP contribution >= 0.6 is 0 Å². The predicted octanol–water partition coefficient (Wildman–Crippen LogP) is 4.02. The SMILES string of the molecule is CN(CC(=O)O)C(=O)CC(NC(=O)OCC1c2ccccc2-c2ccccc21)C1CCCC1. The molecule has 4 rings (SSSR count). The lowest BCUT2D eigenvalue weighted by Crippen LogP contribution is -2.44. The fraction of sp³-hybridized carbons (Fsp3) is 0.423. The molecule has 0 heterocycles. The molecule has 0 aliphatic heterocycles. The Morgan fingerprint density at radius 3 is 2.18 bits per heavy atom. The lowest BCUT2D eigenvalue weighted by Gasteiger charge is -2.26. The van der Waals surface area contributed by atoms with Crippen LogP contribution in [0.1, 0.15) is 49.1 Å². The summed E-state index contributed by atoms with van der Waals surface area (Å²) in [4.78, 5) is 37.4. The molecule has 0 saturated heterocycles. The van der Waals surface area contributed by atoms with Gasteiger partial charge in [0.05, 0.1) is 0 Å². The van der Waals surface area contributed by atoms with E-state index in [-0.39, 0.29) is 43.4 Å². The summed E-state index contributed by atoms with van der Waals surface area (Å²) >= 11 is 0. The van der Waals surface area contributed by atoms with Crippen LogP contribution in [0.5, 0.6) is 0 Å². The Kier molecular flexibility index (Phi) is 6.96. The molecule has 1 fully saturated rings. The van der Waals surface area contributed by atoms with Crippen molar-refractivity contribution in [1.29, 1.82) is 0 Å². The van der Waals surface area contributed by atoms with Gasteiger partial charge in [-0.15, -0.1) is 0 Å². The van der Waals surface area contributed by atoms with E-state index >= 15 is 0 Å². The maximum Gasteiger partial charge on any atom is 0.407 e. The van der Waals surface area contributed by atoms with Crippen molar-refractivity contribution in [2.75, 3.05) is 20.2 Å². The molecule has 174 valence electrons. The lowest BCUT2D eigenvalue weighted by atomic mass is 9.95. The van der Waals surface area contributed by atoms with Crippen LogP contribution in [0.15, 0.2) is 48.5 Å². The number of hydrogen-bond acceptors (Lipinski definition) is 4. The number of amides is 2. The third kappa shape index (κ3) is 5.18. The minimum absolute atomic E-state index is 0.0311. The largest absolute Gasteiger partial charge is 0.480 e. The summed E-state index contributed by atoms with van der Waals surface area (Å²) in [6.45, 7) is -0.148. The van der Waals surface area contributed by atoms with Gasteiger partial charge in [0.1, 0.15) is 13.2 Å². The predicted molar refractivity (Wildman–Crippen MR) is 124 cm³/mol. The molecule has 2 aromatic carbocycles. The number of likely N-dealkylation sites (N-methyl/N-ethyl adjacent to an activating group) is 1. The summed E-state index contributed by atoms with van der Waals surface area (Å²) in [6, 6.07) is 15.9. The van der Waals surface area contributed by atoms with E-state index < -0.39 is 12.1 Å². The Hall–Kier alpha value is -3.35. The number of aliphatic carboxylic acids is 1. The molecular weight excluding hydrogens is 420 g/mol. The minimum atomic E-state index is -1.06. The summed E-state index contributed by atoms with van der Waals surface area (Å²) in [6.07, 6.45) is 3.52. The van der Waals surface area contributed by atoms with Crippen molar-refractivity contribution < 1.29 is 24.2 Å². The smallest absolute Gasteiger partial charge is 0.407 e. The van der Waals surface area contributed by atoms with Gasteiger partial charge in [-0.25, -0.2) is 4.79 Å². The van der Waals surface area contributed by atoms with Gasteiger partial charge < -0.3 is 20.1 Å². The van der Waals surface area contributed by atoms with Gasteiger partial charge in [0.25, 0.3) is 0 Å². The Labute approximate surface area is 193 Å². The van der Waals surface area contributed by atoms with Crippen molar-refractivity contribution in [2.45, 2.75) is 44.1 Å². The Balaban J connectivity index is 1.41. The molecule has 1 unspecified atom stereocenters. The number of carbonyl (C=O) groups excluding carboxylic acids is 2. The van der Waals surface area contributed by atoms with Crippen molar-refractivity contribution in [3.8, 4) is 11.1 Å². The first-order chi connectivity index (χ1) is 15.9. The molecule has 2 aromatic rings. The molecule has 1 saturated carbocycles. The van der Waals surface area contributed by atoms with Gasteiger partial charge in [0.2, 0.25) is 5.91 Å². The van der Waals surface area contributed by atoms with Crippen molar-refractivity contribution in [3.63, 3.8) is 0 Å². The second-order valence-electron chi connectivity index (χ2n) is 8.97. The van der Waals surface area contributed by atoms with Crippen molar-refractivity contribution in [2.24, 2.45) is 5.92 Å². The first-order valence-corrected chi connectivity index (χ1v) is 11.5. The maximum atomic E-state index is 12.8. The zero-order valence-electron chi connectivity index (χ0n) is 18.8. The molecule has 0 aromatic heterocycles. The number of carboxylic acids is 1. The molecule has 1 atom stereocenters. The number of rotatable bonds is 8. The summed E-state index contributed by atoms with van der Waals surface area (Å²) in [5.41, 5.74) is 4.62. The fourth-order valence-corrected chi connectivity index (χ4v) is 5.12. The molecule has 7 heteroatoms. The highest BCUT2D eigenvalue weighted by atomic mass is 16.5. The van der Waals surface area contributed by atoms with E-state index in [9.17, 15) is 14.4 Å². The van der Waals surface area contributed by atoms with Gasteiger partial charge in [-0.05, 0) is 41.0 Å². The van der Waals surface area contributed by atoms with Crippen LogP contribution in [0.2, 0.25) is 0 Å². The molecule has 2 aliphatic rings. The number of hydrogen-bond donors (Lipinski definition) is 2. The van der Waals surface area contributed by atoms with Crippen LogP contribution in [-0.4, -0.2) is 54.2 Å². The Morgan fingerprint density at radius 2 is 1.61 bits per heavy atom. The number of nitrogens with one attached hydrogen (secondary N) is 1. The number of nitrogens with zero attached hydrogens (tertiary/aromatic N) is 1. The van der Waals surface area contributed by atoms with Crippen LogP contribution in [0.3, 0.4) is 0 Å². The van der Waals surface area contributed by atoms with E-state index in [1.54, 1.807) is 0 Å². The van der Waals surface area contributed by atoms with Crippen LogP contribution in [0.25, 0.3) is 11.1 Å². The van der Waals surface area contributed by atoms with E-state index in [0.717, 1.165) is 47.9 Å². The number of carbonyl (C=O) groups is 3. The second kappa shape index (κ2) is 10.1. The molecule has 7 nitrogen and oxygen atoms in total. The van der Waals surface area contributed by atoms with Crippen LogP contribution in [-0.2, 0) is 14.3 Å². The topological polar surface area (TPSA) is 95.9 Å². The molecule has 33 heavy (non-hydrogen) atoms. The highest BCUT2D eigenvalue weighted by Crippen LogP contribution is 2.44. The number of benzene rings is 2. The number of fused-ring (bicyclic) bond motifs is 3. The monoisotopic (exact) mass is 450 g/mol. The average Bonchev–Trinajstić information content (AvgIpc) is 3.44. The number of alkyl carbamates (subject to hydrolysis) is 1. The Morgan fingerprint density at radius 1 is 1.03 bits per heavy atom. The molecule has 2 aliphatic carbocycles. The number of carboxylic acid groups (broad SMARTS) is 1. The van der Waals surface area contributed by atoms with Crippen LogP contribution < -0.4 is 5.32 Å². The molecule has 0 radical (unpaired) electrons. The zero-order chi connectivity index (χ0) is 23.4. The highest BCUT2D eigenvalue weighted by Gasteiger charge is 2.32. The van der Waals surface area contributed by atoms with Crippen molar-refractivity contribution in [1.82, 2.24) is 10.2 Å². The first-order valence-electron chi connectivity index (χ1n) is 11.5. The van der Waals surface area contributed by atoms with E-state index in [0.29, 0.717) is 0 Å². The summed E-state index contributed by atoms with van der Waals surface area (Å²) < 4.78 is 5.67. The zero-order valence-corrected chi connectivity index (χ0v) is 18.8. The quantitative estimate of drug-likeness (QED) is 0.633. The van der Waals surface area contributed by atoms with Crippen molar-refractivity contribution in [3.05, 3.63) is 59.7 Å². The minimum Gasteiger partial charge on any atom is -0.480 e. The fourth-order valence-electron chi connectivity index (χ4n) is 5.12. The van der Waals surface area contributed by atoms with Crippen LogP contribution in [0.4, 0.5) is 4.79 Å². The van der Waals surface area contributed by atoms with Crippen molar-refractivity contribution >= 4 is 18.0 Å². The van der Waals surface area contributed by atoms with Gasteiger partial charge >= 0.3 is 12.1 Å². The third-order valence-electron chi connectivity index (χ3n) is 6.81.